The number of methoxy groups -OCH3 is 1. The van der Waals surface area contributed by atoms with Gasteiger partial charge in [0.1, 0.15) is 6.61 Å². The first kappa shape index (κ1) is 21.9. The molecule has 28 heavy (non-hydrogen) atoms. The van der Waals surface area contributed by atoms with Crippen LogP contribution in [-0.4, -0.2) is 49.9 Å². The molecule has 0 radical (unpaired) electrons. The largest absolute Gasteiger partial charge is 0.510 e. The SMILES string of the molecule is COc1ccc(C(C)=NOCCCCC2COC(C)(OC(=O)O)OC2)cc1F. The zero-order valence-corrected chi connectivity index (χ0v) is 16.3. The van der Waals surface area contributed by atoms with Gasteiger partial charge in [0.15, 0.2) is 11.6 Å². The van der Waals surface area contributed by atoms with Crippen molar-refractivity contribution in [2.24, 2.45) is 11.1 Å². The van der Waals surface area contributed by atoms with Crippen molar-refractivity contribution >= 4 is 11.9 Å². The van der Waals surface area contributed by atoms with Gasteiger partial charge in [-0.05, 0) is 44.4 Å². The van der Waals surface area contributed by atoms with Crippen LogP contribution < -0.4 is 4.74 Å². The molecule has 0 atom stereocenters. The first-order chi connectivity index (χ1) is 13.3. The Morgan fingerprint density at radius 2 is 2.07 bits per heavy atom. The molecule has 0 aliphatic carbocycles. The maximum Gasteiger partial charge on any atom is 0.510 e. The summed E-state index contributed by atoms with van der Waals surface area (Å²) in [5.74, 6) is -1.63. The second-order valence-corrected chi connectivity index (χ2v) is 6.57. The summed E-state index contributed by atoms with van der Waals surface area (Å²) in [6.07, 6.45) is 1.07. The summed E-state index contributed by atoms with van der Waals surface area (Å²) in [5.41, 5.74) is 1.20. The van der Waals surface area contributed by atoms with Crippen LogP contribution in [-0.2, 0) is 19.0 Å². The van der Waals surface area contributed by atoms with Gasteiger partial charge in [-0.1, -0.05) is 5.16 Å². The molecule has 1 saturated heterocycles. The second kappa shape index (κ2) is 10.2. The van der Waals surface area contributed by atoms with E-state index in [0.717, 1.165) is 19.3 Å². The Hall–Kier alpha value is -2.39. The number of hydrogen-bond acceptors (Lipinski definition) is 7. The quantitative estimate of drug-likeness (QED) is 0.292. The van der Waals surface area contributed by atoms with E-state index in [2.05, 4.69) is 9.89 Å². The van der Waals surface area contributed by atoms with Gasteiger partial charge in [0.25, 0.3) is 0 Å². The normalized spacial score (nSPS) is 22.6. The molecule has 0 unspecified atom stereocenters. The van der Waals surface area contributed by atoms with E-state index in [-0.39, 0.29) is 11.7 Å². The maximum atomic E-state index is 13.7. The molecule has 0 aromatic heterocycles. The molecular weight excluding hydrogens is 373 g/mol. The van der Waals surface area contributed by atoms with Gasteiger partial charge in [0.05, 0.1) is 26.0 Å². The van der Waals surface area contributed by atoms with E-state index in [1.54, 1.807) is 19.1 Å². The molecule has 156 valence electrons. The van der Waals surface area contributed by atoms with Crippen LogP contribution >= 0.6 is 0 Å². The van der Waals surface area contributed by atoms with Gasteiger partial charge in [-0.15, -0.1) is 0 Å². The summed E-state index contributed by atoms with van der Waals surface area (Å²) >= 11 is 0. The molecule has 1 aliphatic rings. The minimum absolute atomic E-state index is 0.165. The third kappa shape index (κ3) is 6.65. The molecule has 0 bridgehead atoms. The lowest BCUT2D eigenvalue weighted by atomic mass is 10.0. The first-order valence-electron chi connectivity index (χ1n) is 9.03. The third-order valence-corrected chi connectivity index (χ3v) is 4.30. The van der Waals surface area contributed by atoms with Gasteiger partial charge >= 0.3 is 12.1 Å². The topological polar surface area (TPSA) is 95.8 Å². The van der Waals surface area contributed by atoms with E-state index in [1.807, 2.05) is 0 Å². The Morgan fingerprint density at radius 3 is 2.68 bits per heavy atom. The van der Waals surface area contributed by atoms with Gasteiger partial charge in [-0.25, -0.2) is 9.18 Å². The minimum Gasteiger partial charge on any atom is -0.494 e. The minimum atomic E-state index is -1.53. The number of ether oxygens (including phenoxy) is 4. The fourth-order valence-electron chi connectivity index (χ4n) is 2.70. The van der Waals surface area contributed by atoms with Gasteiger partial charge in [-0.2, -0.15) is 0 Å². The van der Waals surface area contributed by atoms with Crippen molar-refractivity contribution in [3.8, 4) is 5.75 Å². The molecular formula is C19H26FNO7. The van der Waals surface area contributed by atoms with Gasteiger partial charge < -0.3 is 28.9 Å². The standard InChI is InChI=1S/C19H26FNO7/c1-13(15-7-8-17(24-3)16(20)10-15)21-27-9-5-4-6-14-11-25-19(2,26-12-14)28-18(22)23/h7-8,10,14H,4-6,9,11-12H2,1-3H3,(H,22,23). The molecule has 1 heterocycles. The number of hydrogen-bond donors (Lipinski definition) is 1. The zero-order chi connectivity index (χ0) is 20.6. The van der Waals surface area contributed by atoms with Crippen molar-refractivity contribution < 1.29 is 38.1 Å². The summed E-state index contributed by atoms with van der Waals surface area (Å²) < 4.78 is 33.9. The van der Waals surface area contributed by atoms with Crippen LogP contribution in [0.3, 0.4) is 0 Å². The van der Waals surface area contributed by atoms with E-state index in [4.69, 9.17) is 24.2 Å². The lowest BCUT2D eigenvalue weighted by molar-refractivity contribution is -0.379. The highest BCUT2D eigenvalue weighted by Crippen LogP contribution is 2.25. The molecule has 8 nitrogen and oxygen atoms in total. The number of oxime groups is 1. The highest BCUT2D eigenvalue weighted by atomic mass is 19.1. The number of carbonyl (C=O) groups is 1. The zero-order valence-electron chi connectivity index (χ0n) is 16.3. The maximum absolute atomic E-state index is 13.7. The number of nitrogens with zero attached hydrogens (tertiary/aromatic N) is 1. The Bertz CT molecular complexity index is 687. The van der Waals surface area contributed by atoms with Gasteiger partial charge in [0.2, 0.25) is 0 Å². The van der Waals surface area contributed by atoms with Gasteiger partial charge in [-0.3, -0.25) is 0 Å². The van der Waals surface area contributed by atoms with Crippen molar-refractivity contribution in [1.82, 2.24) is 0 Å². The monoisotopic (exact) mass is 399 g/mol. The Labute approximate surface area is 163 Å². The average Bonchev–Trinajstić information content (AvgIpc) is 2.65. The number of benzene rings is 1. The predicted molar refractivity (Wildman–Crippen MR) is 97.9 cm³/mol. The summed E-state index contributed by atoms with van der Waals surface area (Å²) in [7, 11) is 1.41. The van der Waals surface area contributed by atoms with Crippen molar-refractivity contribution in [3.63, 3.8) is 0 Å². The van der Waals surface area contributed by atoms with E-state index in [1.165, 1.54) is 20.1 Å². The van der Waals surface area contributed by atoms with E-state index in [9.17, 15) is 9.18 Å². The summed E-state index contributed by atoms with van der Waals surface area (Å²) in [6, 6.07) is 4.62. The molecule has 1 aromatic rings. The second-order valence-electron chi connectivity index (χ2n) is 6.57. The fourth-order valence-corrected chi connectivity index (χ4v) is 2.70. The van der Waals surface area contributed by atoms with Crippen molar-refractivity contribution in [2.75, 3.05) is 26.9 Å². The number of rotatable bonds is 9. The molecule has 2 rings (SSSR count). The van der Waals surface area contributed by atoms with Crippen LogP contribution in [0, 0.1) is 11.7 Å². The molecule has 1 N–H and O–H groups in total. The Morgan fingerprint density at radius 1 is 1.36 bits per heavy atom. The molecule has 1 aliphatic heterocycles. The lowest BCUT2D eigenvalue weighted by Gasteiger charge is -2.35. The highest BCUT2D eigenvalue weighted by Gasteiger charge is 2.36. The lowest BCUT2D eigenvalue weighted by Crippen LogP contribution is -2.45. The van der Waals surface area contributed by atoms with Crippen LogP contribution in [0.4, 0.5) is 9.18 Å². The number of halogens is 1. The molecule has 0 saturated carbocycles. The summed E-state index contributed by atoms with van der Waals surface area (Å²) in [6.45, 7) is 4.34. The van der Waals surface area contributed by atoms with E-state index in [0.29, 0.717) is 31.1 Å². The third-order valence-electron chi connectivity index (χ3n) is 4.30. The van der Waals surface area contributed by atoms with E-state index >= 15 is 0 Å². The first-order valence-corrected chi connectivity index (χ1v) is 9.03. The summed E-state index contributed by atoms with van der Waals surface area (Å²) in [4.78, 5) is 15.9. The highest BCUT2D eigenvalue weighted by molar-refractivity contribution is 5.98. The van der Waals surface area contributed by atoms with Crippen LogP contribution in [0.2, 0.25) is 0 Å². The van der Waals surface area contributed by atoms with Crippen molar-refractivity contribution in [1.29, 1.82) is 0 Å². The molecule has 0 spiro atoms. The van der Waals surface area contributed by atoms with Crippen molar-refractivity contribution in [3.05, 3.63) is 29.6 Å². The van der Waals surface area contributed by atoms with Crippen molar-refractivity contribution in [2.45, 2.75) is 39.1 Å². The predicted octanol–water partition coefficient (Wildman–Crippen LogP) is 3.78. The average molecular weight is 399 g/mol. The molecule has 0 amide bonds. The van der Waals surface area contributed by atoms with Gasteiger partial charge in [0, 0.05) is 18.4 Å². The fraction of sp³-hybridized carbons (Fsp3) is 0.579. The van der Waals surface area contributed by atoms with Crippen LogP contribution in [0.25, 0.3) is 0 Å². The summed E-state index contributed by atoms with van der Waals surface area (Å²) in [5, 5.41) is 12.6. The Balaban J connectivity index is 1.64. The van der Waals surface area contributed by atoms with Crippen LogP contribution in [0.1, 0.15) is 38.7 Å². The molecule has 1 aromatic carbocycles. The van der Waals surface area contributed by atoms with E-state index < -0.39 is 17.9 Å². The van der Waals surface area contributed by atoms with Crippen LogP contribution in [0.5, 0.6) is 5.75 Å². The Kier molecular flexibility index (Phi) is 8.01. The smallest absolute Gasteiger partial charge is 0.494 e. The molecule has 9 heteroatoms. The van der Waals surface area contributed by atoms with Crippen LogP contribution in [0.15, 0.2) is 23.4 Å². The molecule has 1 fully saturated rings. The number of carboxylic acid groups (broad SMARTS) is 1. The number of unbranched alkanes of at least 4 members (excludes halogenated alkanes) is 1.